The first-order valence-corrected chi connectivity index (χ1v) is 8.06. The van der Waals surface area contributed by atoms with Crippen molar-refractivity contribution in [3.63, 3.8) is 0 Å². The summed E-state index contributed by atoms with van der Waals surface area (Å²) in [6, 6.07) is 5.82. The Hall–Kier alpha value is -3.08. The number of aromatic nitrogens is 4. The van der Waals surface area contributed by atoms with Gasteiger partial charge in [0.15, 0.2) is 5.13 Å². The van der Waals surface area contributed by atoms with Gasteiger partial charge in [0.2, 0.25) is 0 Å². The van der Waals surface area contributed by atoms with E-state index in [0.29, 0.717) is 11.3 Å². The van der Waals surface area contributed by atoms with Crippen LogP contribution in [0.25, 0.3) is 5.13 Å². The maximum absolute atomic E-state index is 12.4. The van der Waals surface area contributed by atoms with Gasteiger partial charge in [-0.05, 0) is 24.6 Å². The normalized spacial score (nSPS) is 11.1. The highest BCUT2D eigenvalue weighted by molar-refractivity contribution is 7.16. The highest BCUT2D eigenvalue weighted by Crippen LogP contribution is 2.20. The minimum absolute atomic E-state index is 0.0149. The standard InChI is InChI=1S/C15H12F2N4O4S/c1-8-11(12(22)23)26-14(19-8)20-7-18-21(15(20)24)6-9-2-4-10(5-3-9)25-13(16)17/h2-5,7,13H,6H2,1H3,(H,22,23). The molecule has 26 heavy (non-hydrogen) atoms. The van der Waals surface area contributed by atoms with Crippen LogP contribution in [-0.2, 0) is 6.54 Å². The third kappa shape index (κ3) is 3.61. The first kappa shape index (κ1) is 17.7. The number of nitrogens with zero attached hydrogens (tertiary/aromatic N) is 4. The summed E-state index contributed by atoms with van der Waals surface area (Å²) in [5.74, 6) is -1.10. The first-order valence-electron chi connectivity index (χ1n) is 7.24. The van der Waals surface area contributed by atoms with E-state index < -0.39 is 18.3 Å². The van der Waals surface area contributed by atoms with E-state index in [9.17, 15) is 18.4 Å². The number of thiazole rings is 1. The summed E-state index contributed by atoms with van der Waals surface area (Å²) in [5, 5.41) is 13.3. The lowest BCUT2D eigenvalue weighted by molar-refractivity contribution is -0.0498. The molecule has 0 spiro atoms. The molecule has 0 bridgehead atoms. The van der Waals surface area contributed by atoms with Gasteiger partial charge in [-0.2, -0.15) is 13.9 Å². The molecule has 0 aliphatic rings. The van der Waals surface area contributed by atoms with Crippen LogP contribution in [-0.4, -0.2) is 37.0 Å². The lowest BCUT2D eigenvalue weighted by Crippen LogP contribution is -2.24. The van der Waals surface area contributed by atoms with Crippen LogP contribution < -0.4 is 10.4 Å². The van der Waals surface area contributed by atoms with Crippen LogP contribution >= 0.6 is 11.3 Å². The second kappa shape index (κ2) is 7.04. The van der Waals surface area contributed by atoms with Gasteiger partial charge in [-0.1, -0.05) is 23.5 Å². The van der Waals surface area contributed by atoms with Crippen LogP contribution in [0, 0.1) is 6.92 Å². The van der Waals surface area contributed by atoms with Gasteiger partial charge in [0.1, 0.15) is 17.0 Å². The molecule has 0 saturated heterocycles. The molecular formula is C15H12F2N4O4S. The van der Waals surface area contributed by atoms with Gasteiger partial charge in [-0.15, -0.1) is 0 Å². The molecule has 2 heterocycles. The molecule has 0 fully saturated rings. The fraction of sp³-hybridized carbons (Fsp3) is 0.200. The Morgan fingerprint density at radius 1 is 1.35 bits per heavy atom. The maximum atomic E-state index is 12.4. The molecular weight excluding hydrogens is 370 g/mol. The van der Waals surface area contributed by atoms with Crippen molar-refractivity contribution in [1.82, 2.24) is 19.3 Å². The van der Waals surface area contributed by atoms with E-state index >= 15 is 0 Å². The minimum Gasteiger partial charge on any atom is -0.477 e. The Kier molecular flexibility index (Phi) is 4.80. The van der Waals surface area contributed by atoms with Gasteiger partial charge in [0, 0.05) is 0 Å². The van der Waals surface area contributed by atoms with E-state index in [1.54, 1.807) is 19.1 Å². The number of benzene rings is 1. The van der Waals surface area contributed by atoms with Crippen molar-refractivity contribution in [2.45, 2.75) is 20.1 Å². The fourth-order valence-corrected chi connectivity index (χ4v) is 3.08. The number of ether oxygens (including phenoxy) is 1. The summed E-state index contributed by atoms with van der Waals surface area (Å²) in [4.78, 5) is 27.7. The molecule has 3 aromatic rings. The Morgan fingerprint density at radius 3 is 2.62 bits per heavy atom. The zero-order valence-corrected chi connectivity index (χ0v) is 14.1. The predicted octanol–water partition coefficient (Wildman–Crippen LogP) is 2.15. The minimum atomic E-state index is -2.91. The van der Waals surface area contributed by atoms with E-state index in [-0.39, 0.29) is 22.3 Å². The van der Waals surface area contributed by atoms with Gasteiger partial charge >= 0.3 is 18.3 Å². The maximum Gasteiger partial charge on any atom is 0.387 e. The molecule has 136 valence electrons. The first-order chi connectivity index (χ1) is 12.3. The second-order valence-corrected chi connectivity index (χ2v) is 6.16. The van der Waals surface area contributed by atoms with Crippen LogP contribution in [0.1, 0.15) is 20.9 Å². The van der Waals surface area contributed by atoms with Crippen LogP contribution in [0.15, 0.2) is 35.4 Å². The number of rotatable bonds is 6. The number of aromatic carboxylic acids is 1. The number of carboxylic acid groups (broad SMARTS) is 1. The average molecular weight is 382 g/mol. The average Bonchev–Trinajstić information content (AvgIpc) is 3.12. The third-order valence-electron chi connectivity index (χ3n) is 3.40. The van der Waals surface area contributed by atoms with Gasteiger partial charge in [-0.3, -0.25) is 0 Å². The molecule has 0 aliphatic carbocycles. The number of halogens is 2. The zero-order valence-electron chi connectivity index (χ0n) is 13.3. The highest BCUT2D eigenvalue weighted by Gasteiger charge is 2.17. The van der Waals surface area contributed by atoms with Crippen molar-refractivity contribution in [3.05, 3.63) is 57.2 Å². The van der Waals surface area contributed by atoms with Crippen molar-refractivity contribution in [1.29, 1.82) is 0 Å². The molecule has 1 aromatic carbocycles. The van der Waals surface area contributed by atoms with E-state index in [2.05, 4.69) is 14.8 Å². The number of hydrogen-bond donors (Lipinski definition) is 1. The van der Waals surface area contributed by atoms with Gasteiger partial charge in [0.25, 0.3) is 0 Å². The molecule has 0 saturated carbocycles. The number of alkyl halides is 2. The number of hydrogen-bond acceptors (Lipinski definition) is 6. The molecule has 3 rings (SSSR count). The lowest BCUT2D eigenvalue weighted by Gasteiger charge is -2.05. The van der Waals surface area contributed by atoms with Crippen LogP contribution in [0.5, 0.6) is 5.75 Å². The van der Waals surface area contributed by atoms with E-state index in [4.69, 9.17) is 5.11 Å². The summed E-state index contributed by atoms with van der Waals surface area (Å²) in [7, 11) is 0. The molecule has 0 unspecified atom stereocenters. The van der Waals surface area contributed by atoms with Crippen molar-refractivity contribution < 1.29 is 23.4 Å². The number of carbonyl (C=O) groups is 1. The number of aryl methyl sites for hydroxylation is 1. The zero-order chi connectivity index (χ0) is 18.8. The Labute approximate surface area is 148 Å². The molecule has 2 aromatic heterocycles. The molecule has 1 N–H and O–H groups in total. The monoisotopic (exact) mass is 382 g/mol. The second-order valence-electron chi connectivity index (χ2n) is 5.18. The van der Waals surface area contributed by atoms with E-state index in [1.807, 2.05) is 0 Å². The third-order valence-corrected chi connectivity index (χ3v) is 4.54. The topological polar surface area (TPSA) is 99.2 Å². The summed E-state index contributed by atoms with van der Waals surface area (Å²) in [6.45, 7) is -1.25. The van der Waals surface area contributed by atoms with Crippen molar-refractivity contribution in [2.75, 3.05) is 0 Å². The van der Waals surface area contributed by atoms with Crippen LogP contribution in [0.3, 0.4) is 0 Å². The van der Waals surface area contributed by atoms with Gasteiger partial charge in [0.05, 0.1) is 12.2 Å². The van der Waals surface area contributed by atoms with Crippen LogP contribution in [0.2, 0.25) is 0 Å². The number of carboxylic acids is 1. The highest BCUT2D eigenvalue weighted by atomic mass is 32.1. The summed E-state index contributed by atoms with van der Waals surface area (Å²) in [5.41, 5.74) is 0.468. The smallest absolute Gasteiger partial charge is 0.387 e. The van der Waals surface area contributed by atoms with Crippen LogP contribution in [0.4, 0.5) is 8.78 Å². The van der Waals surface area contributed by atoms with Gasteiger partial charge < -0.3 is 9.84 Å². The SMILES string of the molecule is Cc1nc(-n2cnn(Cc3ccc(OC(F)F)cc3)c2=O)sc1C(=O)O. The van der Waals surface area contributed by atoms with Crippen molar-refractivity contribution in [3.8, 4) is 10.9 Å². The summed E-state index contributed by atoms with van der Waals surface area (Å²) < 4.78 is 30.9. The lowest BCUT2D eigenvalue weighted by atomic mass is 10.2. The largest absolute Gasteiger partial charge is 0.477 e. The fourth-order valence-electron chi connectivity index (χ4n) is 2.21. The molecule has 8 nitrogen and oxygen atoms in total. The van der Waals surface area contributed by atoms with E-state index in [0.717, 1.165) is 20.6 Å². The summed E-state index contributed by atoms with van der Waals surface area (Å²) >= 11 is 0.874. The van der Waals surface area contributed by atoms with Crippen molar-refractivity contribution in [2.24, 2.45) is 0 Å². The Bertz CT molecular complexity index is 994. The molecule has 0 aliphatic heterocycles. The molecule has 0 atom stereocenters. The van der Waals surface area contributed by atoms with Gasteiger partial charge in [-0.25, -0.2) is 23.8 Å². The molecule has 0 radical (unpaired) electrons. The summed E-state index contributed by atoms with van der Waals surface area (Å²) in [6.07, 6.45) is 1.25. The quantitative estimate of drug-likeness (QED) is 0.701. The Morgan fingerprint density at radius 2 is 2.04 bits per heavy atom. The van der Waals surface area contributed by atoms with E-state index in [1.165, 1.54) is 18.5 Å². The van der Waals surface area contributed by atoms with Crippen molar-refractivity contribution >= 4 is 17.3 Å². The predicted molar refractivity (Wildman–Crippen MR) is 87.4 cm³/mol. The molecule has 11 heteroatoms. The Balaban J connectivity index is 1.82. The molecule has 0 amide bonds.